The Labute approximate surface area is 213 Å². The van der Waals surface area contributed by atoms with Crippen molar-refractivity contribution in [3.63, 3.8) is 0 Å². The quantitative estimate of drug-likeness (QED) is 0.261. The maximum absolute atomic E-state index is 12.3. The molecule has 5 nitrogen and oxygen atoms in total. The lowest BCUT2D eigenvalue weighted by molar-refractivity contribution is 0.0949. The minimum absolute atomic E-state index is 0.0574. The van der Waals surface area contributed by atoms with E-state index in [0.29, 0.717) is 39.6 Å². The van der Waals surface area contributed by atoms with E-state index in [4.69, 9.17) is 23.2 Å². The number of rotatable bonds is 8. The average Bonchev–Trinajstić information content (AvgIpc) is 3.25. The summed E-state index contributed by atoms with van der Waals surface area (Å²) in [6, 6.07) is 22.7. The van der Waals surface area contributed by atoms with Gasteiger partial charge in [-0.05, 0) is 53.9 Å². The molecule has 0 radical (unpaired) electrons. The summed E-state index contributed by atoms with van der Waals surface area (Å²) in [5.41, 5.74) is 3.37. The van der Waals surface area contributed by atoms with Crippen LogP contribution in [-0.2, 0) is 5.75 Å². The van der Waals surface area contributed by atoms with E-state index in [-0.39, 0.29) is 5.91 Å². The number of hydrogen-bond acceptors (Lipinski definition) is 4. The van der Waals surface area contributed by atoms with Gasteiger partial charge in [0.05, 0.1) is 10.7 Å². The van der Waals surface area contributed by atoms with E-state index in [9.17, 15) is 4.79 Å². The van der Waals surface area contributed by atoms with Crippen molar-refractivity contribution in [3.05, 3.63) is 94.0 Å². The van der Waals surface area contributed by atoms with E-state index >= 15 is 0 Å². The SMILES string of the molecule is CC(C)CNC(=O)c1ccc(CSc2nnc(-c3ccccc3Cl)n2-c2cccc(Cl)c2)cc1. The molecule has 8 heteroatoms. The Morgan fingerprint density at radius 3 is 2.47 bits per heavy atom. The van der Waals surface area contributed by atoms with Gasteiger partial charge in [0.1, 0.15) is 0 Å². The molecule has 34 heavy (non-hydrogen) atoms. The van der Waals surface area contributed by atoms with Gasteiger partial charge in [0.2, 0.25) is 0 Å². The molecule has 0 saturated heterocycles. The van der Waals surface area contributed by atoms with Gasteiger partial charge in [0, 0.05) is 28.4 Å². The maximum Gasteiger partial charge on any atom is 0.251 e. The smallest absolute Gasteiger partial charge is 0.251 e. The van der Waals surface area contributed by atoms with Gasteiger partial charge in [0.15, 0.2) is 11.0 Å². The third-order valence-corrected chi connectivity index (χ3v) is 6.63. The van der Waals surface area contributed by atoms with E-state index < -0.39 is 0 Å². The monoisotopic (exact) mass is 510 g/mol. The van der Waals surface area contributed by atoms with Gasteiger partial charge in [0.25, 0.3) is 5.91 Å². The molecule has 0 spiro atoms. The zero-order valence-electron chi connectivity index (χ0n) is 18.8. The highest BCUT2D eigenvalue weighted by molar-refractivity contribution is 7.98. The minimum Gasteiger partial charge on any atom is -0.352 e. The van der Waals surface area contributed by atoms with Crippen molar-refractivity contribution in [3.8, 4) is 17.1 Å². The van der Waals surface area contributed by atoms with Crippen LogP contribution in [-0.4, -0.2) is 27.2 Å². The topological polar surface area (TPSA) is 59.8 Å². The molecule has 1 amide bonds. The molecule has 0 saturated carbocycles. The Morgan fingerprint density at radius 1 is 1.00 bits per heavy atom. The van der Waals surface area contributed by atoms with Crippen LogP contribution >= 0.6 is 35.0 Å². The van der Waals surface area contributed by atoms with Crippen molar-refractivity contribution < 1.29 is 4.79 Å². The average molecular weight is 511 g/mol. The van der Waals surface area contributed by atoms with Crippen LogP contribution in [0.25, 0.3) is 17.1 Å². The fraction of sp³-hybridized carbons (Fsp3) is 0.192. The summed E-state index contributed by atoms with van der Waals surface area (Å²) in [5.74, 6) is 1.66. The van der Waals surface area contributed by atoms with Crippen LogP contribution in [0.1, 0.15) is 29.8 Å². The van der Waals surface area contributed by atoms with E-state index in [0.717, 1.165) is 22.0 Å². The zero-order chi connectivity index (χ0) is 24.1. The summed E-state index contributed by atoms with van der Waals surface area (Å²) >= 11 is 14.3. The van der Waals surface area contributed by atoms with Gasteiger partial charge in [-0.1, -0.05) is 79.1 Å². The molecule has 0 atom stereocenters. The molecule has 0 bridgehead atoms. The van der Waals surface area contributed by atoms with Gasteiger partial charge in [-0.25, -0.2) is 0 Å². The van der Waals surface area contributed by atoms with Gasteiger partial charge in [-0.3, -0.25) is 9.36 Å². The van der Waals surface area contributed by atoms with Gasteiger partial charge in [-0.2, -0.15) is 0 Å². The van der Waals surface area contributed by atoms with E-state index in [1.54, 1.807) is 11.8 Å². The number of nitrogens with one attached hydrogen (secondary N) is 1. The molecule has 1 aromatic heterocycles. The molecule has 3 aromatic carbocycles. The van der Waals surface area contributed by atoms with E-state index in [1.807, 2.05) is 77.4 Å². The van der Waals surface area contributed by atoms with Crippen LogP contribution in [0, 0.1) is 5.92 Å². The molecule has 4 aromatic rings. The number of hydrogen-bond donors (Lipinski definition) is 1. The Balaban J connectivity index is 1.58. The minimum atomic E-state index is -0.0574. The summed E-state index contributed by atoms with van der Waals surface area (Å²) in [6.45, 7) is 4.79. The van der Waals surface area contributed by atoms with E-state index in [1.165, 1.54) is 0 Å². The molecule has 1 heterocycles. The third kappa shape index (κ3) is 5.81. The van der Waals surface area contributed by atoms with Crippen molar-refractivity contribution in [2.75, 3.05) is 6.54 Å². The normalized spacial score (nSPS) is 11.1. The van der Waals surface area contributed by atoms with E-state index in [2.05, 4.69) is 29.4 Å². The lowest BCUT2D eigenvalue weighted by atomic mass is 10.1. The summed E-state index contributed by atoms with van der Waals surface area (Å²) in [4.78, 5) is 12.3. The highest BCUT2D eigenvalue weighted by atomic mass is 35.5. The molecule has 0 unspecified atom stereocenters. The van der Waals surface area contributed by atoms with Crippen LogP contribution in [0.15, 0.2) is 78.0 Å². The highest BCUT2D eigenvalue weighted by Gasteiger charge is 2.18. The van der Waals surface area contributed by atoms with Crippen molar-refractivity contribution >= 4 is 40.9 Å². The molecular weight excluding hydrogens is 487 g/mol. The van der Waals surface area contributed by atoms with Crippen LogP contribution < -0.4 is 5.32 Å². The number of carbonyl (C=O) groups is 1. The molecule has 4 rings (SSSR count). The fourth-order valence-electron chi connectivity index (χ4n) is 3.33. The first-order chi connectivity index (χ1) is 16.4. The van der Waals surface area contributed by atoms with Crippen molar-refractivity contribution in [1.29, 1.82) is 0 Å². The van der Waals surface area contributed by atoms with Crippen LogP contribution in [0.4, 0.5) is 0 Å². The lowest BCUT2D eigenvalue weighted by Gasteiger charge is -2.12. The molecular formula is C26H24Cl2N4OS. The third-order valence-electron chi connectivity index (χ3n) is 5.07. The Hall–Kier alpha value is -2.80. The Bertz CT molecular complexity index is 1290. The van der Waals surface area contributed by atoms with Gasteiger partial charge < -0.3 is 5.32 Å². The molecule has 1 N–H and O–H groups in total. The maximum atomic E-state index is 12.3. The lowest BCUT2D eigenvalue weighted by Crippen LogP contribution is -2.27. The van der Waals surface area contributed by atoms with Crippen molar-refractivity contribution in [2.45, 2.75) is 24.8 Å². The second kappa shape index (κ2) is 11.1. The second-order valence-electron chi connectivity index (χ2n) is 8.19. The van der Waals surface area contributed by atoms with Crippen molar-refractivity contribution in [1.82, 2.24) is 20.1 Å². The molecule has 174 valence electrons. The Kier molecular flexibility index (Phi) is 7.93. The second-order valence-corrected chi connectivity index (χ2v) is 9.98. The number of aromatic nitrogens is 3. The summed E-state index contributed by atoms with van der Waals surface area (Å²) in [7, 11) is 0. The van der Waals surface area contributed by atoms with Crippen LogP contribution in [0.2, 0.25) is 10.0 Å². The molecule has 0 aliphatic heterocycles. The molecule has 0 aliphatic rings. The predicted molar refractivity (Wildman–Crippen MR) is 140 cm³/mol. The first kappa shape index (κ1) is 24.3. The number of nitrogens with zero attached hydrogens (tertiary/aromatic N) is 3. The Morgan fingerprint density at radius 2 is 1.76 bits per heavy atom. The number of thioether (sulfide) groups is 1. The predicted octanol–water partition coefficient (Wildman–Crippen LogP) is 6.92. The molecule has 0 aliphatic carbocycles. The first-order valence-corrected chi connectivity index (χ1v) is 12.6. The first-order valence-electron chi connectivity index (χ1n) is 10.9. The number of amides is 1. The number of halogens is 2. The largest absolute Gasteiger partial charge is 0.352 e. The highest BCUT2D eigenvalue weighted by Crippen LogP contribution is 2.33. The van der Waals surface area contributed by atoms with Gasteiger partial charge >= 0.3 is 0 Å². The van der Waals surface area contributed by atoms with Gasteiger partial charge in [-0.15, -0.1) is 10.2 Å². The molecule has 0 fully saturated rings. The summed E-state index contributed by atoms with van der Waals surface area (Å²) in [6.07, 6.45) is 0. The summed E-state index contributed by atoms with van der Waals surface area (Å²) in [5, 5.41) is 13.8. The van der Waals surface area contributed by atoms with Crippen molar-refractivity contribution in [2.24, 2.45) is 5.92 Å². The standard InChI is InChI=1S/C26H24Cl2N4OS/c1-17(2)15-29-25(33)19-12-10-18(11-13-19)16-34-26-31-30-24(22-8-3-4-9-23(22)28)32(26)21-7-5-6-20(27)14-21/h3-14,17H,15-16H2,1-2H3,(H,29,33). The van der Waals surface area contributed by atoms with Crippen LogP contribution in [0.5, 0.6) is 0 Å². The van der Waals surface area contributed by atoms with Crippen LogP contribution in [0.3, 0.4) is 0 Å². The fourth-order valence-corrected chi connectivity index (χ4v) is 4.64. The summed E-state index contributed by atoms with van der Waals surface area (Å²) < 4.78 is 1.96. The zero-order valence-corrected chi connectivity index (χ0v) is 21.2. The number of carbonyl (C=O) groups excluding carboxylic acids is 1. The number of benzene rings is 3.